The lowest BCUT2D eigenvalue weighted by Crippen LogP contribution is -2.01. The van der Waals surface area contributed by atoms with Crippen molar-refractivity contribution in [2.45, 2.75) is 0 Å². The van der Waals surface area contributed by atoms with Crippen LogP contribution in [0.15, 0.2) is 47.1 Å². The van der Waals surface area contributed by atoms with E-state index in [9.17, 15) is 14.3 Å². The van der Waals surface area contributed by atoms with Gasteiger partial charge >= 0.3 is 5.97 Å². The zero-order chi connectivity index (χ0) is 15.0. The van der Waals surface area contributed by atoms with Gasteiger partial charge in [0.1, 0.15) is 5.82 Å². The van der Waals surface area contributed by atoms with Crippen LogP contribution in [0.25, 0.3) is 22.3 Å². The Morgan fingerprint density at radius 1 is 1.19 bits per heavy atom. The van der Waals surface area contributed by atoms with Crippen LogP contribution in [-0.4, -0.2) is 21.0 Å². The molecule has 0 unspecified atom stereocenters. The predicted octanol–water partition coefficient (Wildman–Crippen LogP) is 3.90. The molecule has 0 aliphatic carbocycles. The third-order valence-corrected chi connectivity index (χ3v) is 3.66. The Labute approximate surface area is 127 Å². The summed E-state index contributed by atoms with van der Waals surface area (Å²) >= 11 is 3.34. The molecule has 1 N–H and O–H groups in total. The molecular formula is C15H8BrFN2O2. The van der Waals surface area contributed by atoms with E-state index >= 15 is 0 Å². The van der Waals surface area contributed by atoms with Crippen molar-refractivity contribution in [1.82, 2.24) is 9.97 Å². The summed E-state index contributed by atoms with van der Waals surface area (Å²) in [6.07, 6.45) is 1.07. The molecule has 3 aromatic rings. The van der Waals surface area contributed by atoms with E-state index in [0.29, 0.717) is 26.8 Å². The molecule has 0 atom stereocenters. The maximum atomic E-state index is 12.9. The van der Waals surface area contributed by atoms with Crippen molar-refractivity contribution in [3.63, 3.8) is 0 Å². The number of halogens is 2. The minimum atomic E-state index is -1.06. The highest BCUT2D eigenvalue weighted by atomic mass is 79.9. The molecule has 0 amide bonds. The first kappa shape index (κ1) is 13.6. The minimum absolute atomic E-state index is 0.119. The number of hydrogen-bond acceptors (Lipinski definition) is 3. The number of carbonyl (C=O) groups is 1. The topological polar surface area (TPSA) is 63.1 Å². The summed E-state index contributed by atoms with van der Waals surface area (Å²) < 4.78 is 13.6. The van der Waals surface area contributed by atoms with E-state index in [1.165, 1.54) is 18.2 Å². The van der Waals surface area contributed by atoms with E-state index in [0.717, 1.165) is 6.20 Å². The van der Waals surface area contributed by atoms with E-state index in [1.807, 2.05) is 0 Å². The fraction of sp³-hybridized carbons (Fsp3) is 0. The third kappa shape index (κ3) is 2.50. The van der Waals surface area contributed by atoms with Crippen LogP contribution < -0.4 is 0 Å². The van der Waals surface area contributed by atoms with Gasteiger partial charge in [-0.3, -0.25) is 4.98 Å². The molecule has 0 radical (unpaired) electrons. The first-order valence-corrected chi connectivity index (χ1v) is 6.80. The smallest absolute Gasteiger partial charge is 0.336 e. The van der Waals surface area contributed by atoms with E-state index < -0.39 is 11.8 Å². The van der Waals surface area contributed by atoms with Gasteiger partial charge in [0.05, 0.1) is 28.7 Å². The van der Waals surface area contributed by atoms with Crippen molar-refractivity contribution >= 4 is 32.8 Å². The largest absolute Gasteiger partial charge is 0.478 e. The first-order valence-electron chi connectivity index (χ1n) is 6.01. The fourth-order valence-corrected chi connectivity index (χ4v) is 2.64. The Balaban J connectivity index is 2.31. The summed E-state index contributed by atoms with van der Waals surface area (Å²) in [4.78, 5) is 19.8. The number of carboxylic acids is 1. The molecule has 21 heavy (non-hydrogen) atoms. The Hall–Kier alpha value is -2.34. The van der Waals surface area contributed by atoms with Crippen molar-refractivity contribution < 1.29 is 14.3 Å². The average molecular weight is 347 g/mol. The zero-order valence-electron chi connectivity index (χ0n) is 10.5. The van der Waals surface area contributed by atoms with E-state index in [4.69, 9.17) is 0 Å². The number of pyridine rings is 2. The Morgan fingerprint density at radius 3 is 2.67 bits per heavy atom. The molecule has 4 nitrogen and oxygen atoms in total. The molecule has 0 bridgehead atoms. The molecule has 0 fully saturated rings. The molecule has 104 valence electrons. The van der Waals surface area contributed by atoms with Gasteiger partial charge in [0.15, 0.2) is 0 Å². The quantitative estimate of drug-likeness (QED) is 0.764. The monoisotopic (exact) mass is 346 g/mol. The third-order valence-electron chi connectivity index (χ3n) is 3.00. The molecule has 0 saturated heterocycles. The van der Waals surface area contributed by atoms with Gasteiger partial charge in [-0.25, -0.2) is 14.2 Å². The average Bonchev–Trinajstić information content (AvgIpc) is 2.47. The molecule has 1 aromatic carbocycles. The molecular weight excluding hydrogens is 339 g/mol. The molecule has 3 rings (SSSR count). The summed E-state index contributed by atoms with van der Waals surface area (Å²) in [6.45, 7) is 0. The maximum absolute atomic E-state index is 12.9. The van der Waals surface area contributed by atoms with Crippen LogP contribution in [-0.2, 0) is 0 Å². The van der Waals surface area contributed by atoms with Crippen LogP contribution in [0, 0.1) is 5.82 Å². The molecule has 0 saturated carbocycles. The Bertz CT molecular complexity index is 850. The van der Waals surface area contributed by atoms with E-state index in [-0.39, 0.29) is 5.56 Å². The number of fused-ring (bicyclic) bond motifs is 1. The normalized spacial score (nSPS) is 10.8. The van der Waals surface area contributed by atoms with Crippen LogP contribution in [0.1, 0.15) is 10.4 Å². The predicted molar refractivity (Wildman–Crippen MR) is 79.6 cm³/mol. The van der Waals surface area contributed by atoms with Crippen LogP contribution in [0.4, 0.5) is 4.39 Å². The molecule has 2 aromatic heterocycles. The lowest BCUT2D eigenvalue weighted by molar-refractivity contribution is 0.0699. The summed E-state index contributed by atoms with van der Waals surface area (Å²) in [5, 5.41) is 9.92. The van der Waals surface area contributed by atoms with Crippen LogP contribution >= 0.6 is 15.9 Å². The number of hydrogen-bond donors (Lipinski definition) is 1. The summed E-state index contributed by atoms with van der Waals surface area (Å²) in [5.74, 6) is -1.52. The van der Waals surface area contributed by atoms with Crippen molar-refractivity contribution in [2.75, 3.05) is 0 Å². The standard InChI is InChI=1S/C15H8BrFN2O2/c16-10-2-1-3-12-14(10)9(15(20)21)6-13(19-12)11-5-4-8(17)7-18-11/h1-7H,(H,20,21). The van der Waals surface area contributed by atoms with Crippen molar-refractivity contribution in [2.24, 2.45) is 0 Å². The fourth-order valence-electron chi connectivity index (χ4n) is 2.07. The van der Waals surface area contributed by atoms with Crippen LogP contribution in [0.3, 0.4) is 0 Å². The Kier molecular flexibility index (Phi) is 3.39. The molecule has 6 heteroatoms. The number of aromatic carboxylic acids is 1. The number of rotatable bonds is 2. The Morgan fingerprint density at radius 2 is 2.00 bits per heavy atom. The highest BCUT2D eigenvalue weighted by Gasteiger charge is 2.15. The lowest BCUT2D eigenvalue weighted by Gasteiger charge is -2.08. The van der Waals surface area contributed by atoms with Crippen LogP contribution in [0.2, 0.25) is 0 Å². The summed E-state index contributed by atoms with van der Waals surface area (Å²) in [7, 11) is 0. The van der Waals surface area contributed by atoms with E-state index in [2.05, 4.69) is 25.9 Å². The van der Waals surface area contributed by atoms with Gasteiger partial charge in [0.2, 0.25) is 0 Å². The number of benzene rings is 1. The molecule has 0 aliphatic heterocycles. The highest BCUT2D eigenvalue weighted by molar-refractivity contribution is 9.10. The van der Waals surface area contributed by atoms with Gasteiger partial charge in [-0.05, 0) is 30.3 Å². The van der Waals surface area contributed by atoms with Crippen molar-refractivity contribution in [3.05, 3.63) is 58.4 Å². The van der Waals surface area contributed by atoms with Gasteiger partial charge in [-0.2, -0.15) is 0 Å². The van der Waals surface area contributed by atoms with Gasteiger partial charge in [-0.1, -0.05) is 22.0 Å². The number of aromatic nitrogens is 2. The van der Waals surface area contributed by atoms with Crippen molar-refractivity contribution in [1.29, 1.82) is 0 Å². The highest BCUT2D eigenvalue weighted by Crippen LogP contribution is 2.29. The maximum Gasteiger partial charge on any atom is 0.336 e. The summed E-state index contributed by atoms with van der Waals surface area (Å²) in [5.41, 5.74) is 1.46. The van der Waals surface area contributed by atoms with E-state index in [1.54, 1.807) is 18.2 Å². The van der Waals surface area contributed by atoms with Gasteiger partial charge in [0, 0.05) is 9.86 Å². The number of carboxylic acid groups (broad SMARTS) is 1. The second-order valence-electron chi connectivity index (χ2n) is 4.36. The van der Waals surface area contributed by atoms with Gasteiger partial charge < -0.3 is 5.11 Å². The number of nitrogens with zero attached hydrogens (tertiary/aromatic N) is 2. The molecule has 2 heterocycles. The van der Waals surface area contributed by atoms with Crippen molar-refractivity contribution in [3.8, 4) is 11.4 Å². The second kappa shape index (κ2) is 5.21. The second-order valence-corrected chi connectivity index (χ2v) is 5.21. The minimum Gasteiger partial charge on any atom is -0.478 e. The molecule has 0 aliphatic rings. The lowest BCUT2D eigenvalue weighted by atomic mass is 10.1. The van der Waals surface area contributed by atoms with Gasteiger partial charge in [-0.15, -0.1) is 0 Å². The van der Waals surface area contributed by atoms with Gasteiger partial charge in [0.25, 0.3) is 0 Å². The first-order chi connectivity index (χ1) is 10.1. The summed E-state index contributed by atoms with van der Waals surface area (Å²) in [6, 6.07) is 9.41. The molecule has 0 spiro atoms. The SMILES string of the molecule is O=C(O)c1cc(-c2ccc(F)cn2)nc2cccc(Br)c12. The van der Waals surface area contributed by atoms with Crippen LogP contribution in [0.5, 0.6) is 0 Å². The zero-order valence-corrected chi connectivity index (χ0v) is 12.1.